The summed E-state index contributed by atoms with van der Waals surface area (Å²) in [5.41, 5.74) is 18.0. The monoisotopic (exact) mass is 909 g/mol. The van der Waals surface area contributed by atoms with Gasteiger partial charge in [-0.1, -0.05) is 167 Å². The van der Waals surface area contributed by atoms with Crippen LogP contribution in [0.1, 0.15) is 51.7 Å². The van der Waals surface area contributed by atoms with Gasteiger partial charge in [0, 0.05) is 69.6 Å². The molecule has 0 unspecified atom stereocenters. The Morgan fingerprint density at radius 2 is 1.06 bits per heavy atom. The number of thiophene rings is 1. The van der Waals surface area contributed by atoms with Crippen LogP contribution in [0.5, 0.6) is 0 Å². The Kier molecular flexibility index (Phi) is 8.85. The Balaban J connectivity index is 1.08. The van der Waals surface area contributed by atoms with Gasteiger partial charge in [0.1, 0.15) is 0 Å². The number of fused-ring (bicyclic) bond motifs is 13. The van der Waals surface area contributed by atoms with Crippen LogP contribution in [0.15, 0.2) is 192 Å². The first-order valence-electron chi connectivity index (χ1n) is 24.2. The van der Waals surface area contributed by atoms with Gasteiger partial charge in [0.25, 0.3) is 0 Å². The SMILES string of the molecule is CCCCc1ccc2c(sc3ccccc32)c1N1c2cc(-n3c4ccccc4c4ccccc43)ccc2B2c3ccc(-n4c5ccccc5c5ccccc54)cc3Sc3cc(C(C)(C)C)cc1c32. The first kappa shape index (κ1) is 40.1. The van der Waals surface area contributed by atoms with Crippen molar-refractivity contribution in [1.29, 1.82) is 0 Å². The molecule has 12 aromatic rings. The Morgan fingerprint density at radius 3 is 1.66 bits per heavy atom. The molecular weight excluding hydrogens is 862 g/mol. The zero-order chi connectivity index (χ0) is 45.4. The molecule has 326 valence electrons. The van der Waals surface area contributed by atoms with Crippen LogP contribution in [0.4, 0.5) is 17.1 Å². The third-order valence-corrected chi connectivity index (χ3v) is 17.2. The molecule has 0 aliphatic carbocycles. The third-order valence-electron chi connectivity index (χ3n) is 14.9. The standard InChI is InChI=1S/C62H48BN3S2/c1-5-6-17-38-28-31-47-46-22-11-16-27-56(46)68-61(47)60(38)66-54-36-40(64-50-23-12-7-18-42(50)43-19-8-13-24-51(43)64)29-32-48(54)63-49-33-30-41(65-52-25-14-9-20-44(52)45-21-10-15-26-53(45)65)37-57(49)67-58-35-39(62(2,3)4)34-55(66)59(58)63/h7-16,18-37H,5-6,17H2,1-4H3. The summed E-state index contributed by atoms with van der Waals surface area (Å²) >= 11 is 3.92. The molecule has 2 aliphatic heterocycles. The van der Waals surface area contributed by atoms with Gasteiger partial charge < -0.3 is 14.0 Å². The van der Waals surface area contributed by atoms with E-state index in [1.54, 1.807) is 0 Å². The Labute approximate surface area is 405 Å². The summed E-state index contributed by atoms with van der Waals surface area (Å²) < 4.78 is 7.66. The maximum atomic E-state index is 2.73. The van der Waals surface area contributed by atoms with E-state index in [9.17, 15) is 0 Å². The molecule has 5 heterocycles. The van der Waals surface area contributed by atoms with Gasteiger partial charge in [-0.15, -0.1) is 11.3 Å². The lowest BCUT2D eigenvalue weighted by Gasteiger charge is -2.42. The number of rotatable bonds is 6. The van der Waals surface area contributed by atoms with E-state index in [0.29, 0.717) is 0 Å². The molecule has 2 aliphatic rings. The van der Waals surface area contributed by atoms with Crippen LogP contribution in [0, 0.1) is 0 Å². The number of aryl methyl sites for hydroxylation is 1. The van der Waals surface area contributed by atoms with Crippen LogP contribution >= 0.6 is 23.1 Å². The number of nitrogens with zero attached hydrogens (tertiary/aromatic N) is 3. The Morgan fingerprint density at radius 1 is 0.500 bits per heavy atom. The third kappa shape index (κ3) is 5.80. The van der Waals surface area contributed by atoms with E-state index < -0.39 is 0 Å². The Hall–Kier alpha value is -6.99. The maximum Gasteiger partial charge on any atom is 0.249 e. The van der Waals surface area contributed by atoms with Crippen molar-refractivity contribution in [2.24, 2.45) is 0 Å². The highest BCUT2D eigenvalue weighted by atomic mass is 32.2. The second kappa shape index (κ2) is 15.0. The van der Waals surface area contributed by atoms with E-state index in [4.69, 9.17) is 0 Å². The number of hydrogen-bond donors (Lipinski definition) is 0. The number of benzene rings is 9. The van der Waals surface area contributed by atoms with Crippen molar-refractivity contribution >= 4 is 127 Å². The van der Waals surface area contributed by atoms with Gasteiger partial charge in [-0.25, -0.2) is 0 Å². The average Bonchev–Trinajstić information content (AvgIpc) is 4.03. The minimum absolute atomic E-state index is 0.0385. The Bertz CT molecular complexity index is 3960. The van der Waals surface area contributed by atoms with E-state index in [1.165, 1.54) is 130 Å². The van der Waals surface area contributed by atoms with Crippen LogP contribution in [0.25, 0.3) is 75.2 Å². The van der Waals surface area contributed by atoms with E-state index >= 15 is 0 Å². The predicted octanol–water partition coefficient (Wildman–Crippen LogP) is 15.7. The summed E-state index contributed by atoms with van der Waals surface area (Å²) in [6, 6.07) is 69.2. The highest BCUT2D eigenvalue weighted by Crippen LogP contribution is 2.51. The summed E-state index contributed by atoms with van der Waals surface area (Å²) in [6.07, 6.45) is 3.29. The minimum Gasteiger partial charge on any atom is -0.310 e. The lowest BCUT2D eigenvalue weighted by Crippen LogP contribution is -2.60. The topological polar surface area (TPSA) is 13.1 Å². The molecular formula is C62H48BN3S2. The molecule has 9 aromatic carbocycles. The smallest absolute Gasteiger partial charge is 0.249 e. The van der Waals surface area contributed by atoms with Gasteiger partial charge in [-0.2, -0.15) is 0 Å². The molecule has 0 atom stereocenters. The van der Waals surface area contributed by atoms with E-state index in [2.05, 4.69) is 224 Å². The van der Waals surface area contributed by atoms with Crippen molar-refractivity contribution in [3.05, 3.63) is 193 Å². The largest absolute Gasteiger partial charge is 0.310 e. The number of anilines is 3. The van der Waals surface area contributed by atoms with Crippen molar-refractivity contribution < 1.29 is 0 Å². The fourth-order valence-corrected chi connectivity index (χ4v) is 14.2. The molecule has 0 saturated heterocycles. The van der Waals surface area contributed by atoms with Crippen molar-refractivity contribution in [1.82, 2.24) is 9.13 Å². The minimum atomic E-state index is -0.0852. The van der Waals surface area contributed by atoms with Crippen LogP contribution in [0.3, 0.4) is 0 Å². The van der Waals surface area contributed by atoms with Crippen molar-refractivity contribution in [3.63, 3.8) is 0 Å². The molecule has 0 fully saturated rings. The summed E-state index contributed by atoms with van der Waals surface area (Å²) in [4.78, 5) is 5.41. The first-order chi connectivity index (χ1) is 33.3. The summed E-state index contributed by atoms with van der Waals surface area (Å²) in [6.45, 7) is 9.49. The predicted molar refractivity (Wildman–Crippen MR) is 295 cm³/mol. The van der Waals surface area contributed by atoms with Gasteiger partial charge in [0.15, 0.2) is 0 Å². The highest BCUT2D eigenvalue weighted by molar-refractivity contribution is 8.00. The van der Waals surface area contributed by atoms with Gasteiger partial charge in [0.2, 0.25) is 6.71 Å². The fraction of sp³-hybridized carbons (Fsp3) is 0.129. The number of para-hydroxylation sites is 4. The van der Waals surface area contributed by atoms with Crippen LogP contribution in [-0.2, 0) is 11.8 Å². The lowest BCUT2D eigenvalue weighted by molar-refractivity contribution is 0.589. The summed E-state index contributed by atoms with van der Waals surface area (Å²) in [7, 11) is 0. The number of unbranched alkanes of at least 4 members (excludes halogenated alkanes) is 1. The van der Waals surface area contributed by atoms with Gasteiger partial charge >= 0.3 is 0 Å². The molecule has 0 bridgehead atoms. The zero-order valence-electron chi connectivity index (χ0n) is 38.7. The van der Waals surface area contributed by atoms with Crippen LogP contribution < -0.4 is 21.3 Å². The van der Waals surface area contributed by atoms with E-state index in [0.717, 1.165) is 19.3 Å². The van der Waals surface area contributed by atoms with Crippen LogP contribution in [-0.4, -0.2) is 15.8 Å². The molecule has 68 heavy (non-hydrogen) atoms. The lowest BCUT2D eigenvalue weighted by atomic mass is 9.34. The second-order valence-corrected chi connectivity index (χ2v) is 22.0. The molecule has 3 nitrogen and oxygen atoms in total. The van der Waals surface area contributed by atoms with Gasteiger partial charge in [-0.05, 0) is 107 Å². The van der Waals surface area contributed by atoms with Crippen molar-refractivity contribution in [2.45, 2.75) is 62.2 Å². The zero-order valence-corrected chi connectivity index (χ0v) is 40.3. The quantitative estimate of drug-likeness (QED) is 0.154. The fourth-order valence-electron chi connectivity index (χ4n) is 11.7. The molecule has 0 N–H and O–H groups in total. The highest BCUT2D eigenvalue weighted by Gasteiger charge is 2.43. The van der Waals surface area contributed by atoms with Crippen LogP contribution in [0.2, 0.25) is 0 Å². The average molecular weight is 910 g/mol. The van der Waals surface area contributed by atoms with Gasteiger partial charge in [-0.3, -0.25) is 0 Å². The molecule has 0 radical (unpaired) electrons. The van der Waals surface area contributed by atoms with E-state index in [-0.39, 0.29) is 12.1 Å². The summed E-state index contributed by atoms with van der Waals surface area (Å²) in [5, 5.41) is 7.78. The molecule has 0 amide bonds. The molecule has 3 aromatic heterocycles. The molecule has 6 heteroatoms. The normalized spacial score (nSPS) is 13.4. The molecule has 0 spiro atoms. The second-order valence-electron chi connectivity index (χ2n) is 19.9. The van der Waals surface area contributed by atoms with E-state index in [1.807, 2.05) is 23.1 Å². The van der Waals surface area contributed by atoms with Crippen molar-refractivity contribution in [3.8, 4) is 11.4 Å². The first-order valence-corrected chi connectivity index (χ1v) is 25.8. The van der Waals surface area contributed by atoms with Crippen molar-refractivity contribution in [2.75, 3.05) is 4.90 Å². The molecule has 14 rings (SSSR count). The van der Waals surface area contributed by atoms with Gasteiger partial charge in [0.05, 0.1) is 32.5 Å². The summed E-state index contributed by atoms with van der Waals surface area (Å²) in [5.74, 6) is 0. The molecule has 0 saturated carbocycles. The maximum absolute atomic E-state index is 2.73. The number of aromatic nitrogens is 2. The number of hydrogen-bond acceptors (Lipinski definition) is 3.